The maximum Gasteiger partial charge on any atom is 0.243 e. The fraction of sp³-hybridized carbons (Fsp3) is 0.381. The quantitative estimate of drug-likeness (QED) is 0.729. The minimum Gasteiger partial charge on any atom is -0.352 e. The molecule has 1 amide bonds. The predicted molar refractivity (Wildman–Crippen MR) is 113 cm³/mol. The molecule has 0 saturated carbocycles. The molecule has 2 aromatic carbocycles. The number of piperidine rings is 1. The predicted octanol–water partition coefficient (Wildman–Crippen LogP) is 3.86. The topological polar surface area (TPSA) is 66.5 Å². The second-order valence-corrected chi connectivity index (χ2v) is 10.4. The van der Waals surface area contributed by atoms with Gasteiger partial charge in [0.25, 0.3) is 0 Å². The Labute approximate surface area is 175 Å². The van der Waals surface area contributed by atoms with Crippen molar-refractivity contribution in [2.75, 3.05) is 13.1 Å². The number of hydrogen-bond acceptors (Lipinski definition) is 3. The van der Waals surface area contributed by atoms with Gasteiger partial charge in [0.15, 0.2) is 0 Å². The van der Waals surface area contributed by atoms with E-state index in [1.165, 1.54) is 9.87 Å². The molecule has 0 bridgehead atoms. The van der Waals surface area contributed by atoms with Crippen LogP contribution in [0.3, 0.4) is 0 Å². The molecule has 0 aliphatic carbocycles. The van der Waals surface area contributed by atoms with E-state index in [9.17, 15) is 13.2 Å². The number of aryl methyl sites for hydroxylation is 1. The van der Waals surface area contributed by atoms with Crippen molar-refractivity contribution in [3.8, 4) is 0 Å². The van der Waals surface area contributed by atoms with Gasteiger partial charge in [-0.3, -0.25) is 4.79 Å². The first kappa shape index (κ1) is 21.0. The Balaban J connectivity index is 1.60. The SMILES string of the molecule is Cc1ccc(CNC(=O)C2(C)CCN(S(=O)(=O)c3ccc(Br)cc3)CC2)cc1. The van der Waals surface area contributed by atoms with Gasteiger partial charge in [0, 0.05) is 29.5 Å². The summed E-state index contributed by atoms with van der Waals surface area (Å²) in [6.07, 6.45) is 1.00. The zero-order valence-electron chi connectivity index (χ0n) is 16.1. The zero-order chi connectivity index (χ0) is 20.4. The molecule has 0 atom stereocenters. The molecule has 1 saturated heterocycles. The van der Waals surface area contributed by atoms with Crippen molar-refractivity contribution in [3.05, 3.63) is 64.1 Å². The molecule has 1 heterocycles. The van der Waals surface area contributed by atoms with Crippen molar-refractivity contribution < 1.29 is 13.2 Å². The molecule has 28 heavy (non-hydrogen) atoms. The van der Waals surface area contributed by atoms with Crippen LogP contribution in [0.5, 0.6) is 0 Å². The van der Waals surface area contributed by atoms with E-state index in [1.807, 2.05) is 38.1 Å². The number of halogens is 1. The van der Waals surface area contributed by atoms with Gasteiger partial charge in [-0.2, -0.15) is 4.31 Å². The van der Waals surface area contributed by atoms with Crippen LogP contribution in [0.1, 0.15) is 30.9 Å². The lowest BCUT2D eigenvalue weighted by atomic mass is 9.80. The minimum absolute atomic E-state index is 0.0197. The zero-order valence-corrected chi connectivity index (χ0v) is 18.5. The third-order valence-corrected chi connectivity index (χ3v) is 7.84. The van der Waals surface area contributed by atoms with Crippen LogP contribution >= 0.6 is 15.9 Å². The molecule has 150 valence electrons. The van der Waals surface area contributed by atoms with Gasteiger partial charge in [-0.1, -0.05) is 52.7 Å². The molecule has 1 fully saturated rings. The molecule has 0 unspecified atom stereocenters. The fourth-order valence-corrected chi connectivity index (χ4v) is 5.01. The number of carbonyl (C=O) groups excluding carboxylic acids is 1. The van der Waals surface area contributed by atoms with E-state index in [1.54, 1.807) is 24.3 Å². The standard InChI is InChI=1S/C21H25BrN2O3S/c1-16-3-5-17(6-4-16)15-23-20(25)21(2)11-13-24(14-12-21)28(26,27)19-9-7-18(22)8-10-19/h3-10H,11-15H2,1-2H3,(H,23,25). The molecule has 1 N–H and O–H groups in total. The smallest absolute Gasteiger partial charge is 0.243 e. The van der Waals surface area contributed by atoms with E-state index in [4.69, 9.17) is 0 Å². The number of carbonyl (C=O) groups is 1. The van der Waals surface area contributed by atoms with Crippen LogP contribution in [-0.2, 0) is 21.4 Å². The van der Waals surface area contributed by atoms with Crippen molar-refractivity contribution >= 4 is 31.9 Å². The Hall–Kier alpha value is -1.70. The molecule has 0 aromatic heterocycles. The Kier molecular flexibility index (Phi) is 6.27. The summed E-state index contributed by atoms with van der Waals surface area (Å²) in [5, 5.41) is 3.01. The average Bonchev–Trinajstić information content (AvgIpc) is 2.68. The van der Waals surface area contributed by atoms with Gasteiger partial charge in [-0.25, -0.2) is 8.42 Å². The van der Waals surface area contributed by atoms with Crippen molar-refractivity contribution in [2.45, 2.75) is 38.1 Å². The maximum absolute atomic E-state index is 12.8. The minimum atomic E-state index is -3.53. The lowest BCUT2D eigenvalue weighted by Gasteiger charge is -2.37. The Bertz CT molecular complexity index is 933. The Morgan fingerprint density at radius 1 is 1.07 bits per heavy atom. The number of hydrogen-bond donors (Lipinski definition) is 1. The normalized spacial score (nSPS) is 17.2. The first-order valence-corrected chi connectivity index (χ1v) is 11.5. The van der Waals surface area contributed by atoms with E-state index >= 15 is 0 Å². The number of nitrogens with one attached hydrogen (secondary N) is 1. The highest BCUT2D eigenvalue weighted by atomic mass is 79.9. The van der Waals surface area contributed by atoms with Gasteiger partial charge in [-0.15, -0.1) is 0 Å². The van der Waals surface area contributed by atoms with Crippen LogP contribution in [0.2, 0.25) is 0 Å². The highest BCUT2D eigenvalue weighted by Crippen LogP contribution is 2.33. The summed E-state index contributed by atoms with van der Waals surface area (Å²) in [5.74, 6) is -0.0197. The third-order valence-electron chi connectivity index (χ3n) is 5.40. The van der Waals surface area contributed by atoms with Gasteiger partial charge in [0.1, 0.15) is 0 Å². The molecule has 0 radical (unpaired) electrons. The molecular formula is C21H25BrN2O3S. The first-order valence-electron chi connectivity index (χ1n) is 9.30. The van der Waals surface area contributed by atoms with Gasteiger partial charge in [-0.05, 0) is 49.6 Å². The molecule has 7 heteroatoms. The number of nitrogens with zero attached hydrogens (tertiary/aromatic N) is 1. The van der Waals surface area contributed by atoms with Gasteiger partial charge >= 0.3 is 0 Å². The molecule has 1 aliphatic rings. The van der Waals surface area contributed by atoms with Crippen LogP contribution in [0.4, 0.5) is 0 Å². The van der Waals surface area contributed by atoms with Crippen LogP contribution in [0, 0.1) is 12.3 Å². The first-order chi connectivity index (χ1) is 13.2. The average molecular weight is 465 g/mol. The molecule has 1 aliphatic heterocycles. The van der Waals surface area contributed by atoms with Crippen LogP contribution in [-0.4, -0.2) is 31.7 Å². The van der Waals surface area contributed by atoms with E-state index in [2.05, 4.69) is 21.2 Å². The summed E-state index contributed by atoms with van der Waals surface area (Å²) in [7, 11) is -3.53. The van der Waals surface area contributed by atoms with Crippen molar-refractivity contribution in [1.82, 2.24) is 9.62 Å². The molecule has 3 rings (SSSR count). The second-order valence-electron chi connectivity index (χ2n) is 7.59. The van der Waals surface area contributed by atoms with Gasteiger partial charge < -0.3 is 5.32 Å². The summed E-state index contributed by atoms with van der Waals surface area (Å²) in [4.78, 5) is 13.0. The summed E-state index contributed by atoms with van der Waals surface area (Å²) < 4.78 is 28.0. The third kappa shape index (κ3) is 4.64. The lowest BCUT2D eigenvalue weighted by molar-refractivity contribution is -0.132. The fourth-order valence-electron chi connectivity index (χ4n) is 3.30. The molecular weight excluding hydrogens is 440 g/mol. The van der Waals surface area contributed by atoms with Gasteiger partial charge in [0.05, 0.1) is 4.90 Å². The Morgan fingerprint density at radius 3 is 2.21 bits per heavy atom. The molecule has 2 aromatic rings. The lowest BCUT2D eigenvalue weighted by Crippen LogP contribution is -2.48. The number of benzene rings is 2. The van der Waals surface area contributed by atoms with Crippen molar-refractivity contribution in [1.29, 1.82) is 0 Å². The highest BCUT2D eigenvalue weighted by molar-refractivity contribution is 9.10. The summed E-state index contributed by atoms with van der Waals surface area (Å²) >= 11 is 3.32. The molecule has 0 spiro atoms. The largest absolute Gasteiger partial charge is 0.352 e. The van der Waals surface area contributed by atoms with Gasteiger partial charge in [0.2, 0.25) is 15.9 Å². The van der Waals surface area contributed by atoms with Crippen LogP contribution in [0.15, 0.2) is 57.9 Å². The number of sulfonamides is 1. The Morgan fingerprint density at radius 2 is 1.64 bits per heavy atom. The molecule has 5 nitrogen and oxygen atoms in total. The summed E-state index contributed by atoms with van der Waals surface area (Å²) in [5.41, 5.74) is 1.68. The monoisotopic (exact) mass is 464 g/mol. The van der Waals surface area contributed by atoms with E-state index in [-0.39, 0.29) is 10.8 Å². The van der Waals surface area contributed by atoms with E-state index < -0.39 is 15.4 Å². The van der Waals surface area contributed by atoms with Crippen LogP contribution < -0.4 is 5.32 Å². The highest BCUT2D eigenvalue weighted by Gasteiger charge is 2.40. The van der Waals surface area contributed by atoms with Crippen LogP contribution in [0.25, 0.3) is 0 Å². The second kappa shape index (κ2) is 8.35. The number of amides is 1. The van der Waals surface area contributed by atoms with E-state index in [0.717, 1.165) is 10.0 Å². The van der Waals surface area contributed by atoms with Crippen molar-refractivity contribution in [2.24, 2.45) is 5.41 Å². The summed E-state index contributed by atoms with van der Waals surface area (Å²) in [6.45, 7) is 5.11. The van der Waals surface area contributed by atoms with Crippen molar-refractivity contribution in [3.63, 3.8) is 0 Å². The maximum atomic E-state index is 12.8. The number of rotatable bonds is 5. The summed E-state index contributed by atoms with van der Waals surface area (Å²) in [6, 6.07) is 14.7. The van der Waals surface area contributed by atoms with E-state index in [0.29, 0.717) is 32.5 Å².